The van der Waals surface area contributed by atoms with E-state index in [0.717, 1.165) is 27.8 Å². The van der Waals surface area contributed by atoms with Crippen LogP contribution in [0, 0.1) is 0 Å². The molecule has 3 aromatic rings. The van der Waals surface area contributed by atoms with Crippen molar-refractivity contribution in [2.75, 3.05) is 20.2 Å². The number of carbonyl (C=O) groups excluding carboxylic acids is 3. The molecule has 4 amide bonds. The Morgan fingerprint density at radius 3 is 2.69 bits per heavy atom. The SMILES string of the molecule is COc1ccccc1CCNC(=O)C[C@H]1NC(=O)N(CCc2c[nH]c3ccccc23)C1=O. The van der Waals surface area contributed by atoms with Crippen molar-refractivity contribution in [2.24, 2.45) is 0 Å². The van der Waals surface area contributed by atoms with E-state index in [1.807, 2.05) is 54.7 Å². The molecule has 1 atom stereocenters. The zero-order valence-corrected chi connectivity index (χ0v) is 17.9. The van der Waals surface area contributed by atoms with E-state index in [2.05, 4.69) is 15.6 Å². The van der Waals surface area contributed by atoms with E-state index in [9.17, 15) is 14.4 Å². The summed E-state index contributed by atoms with van der Waals surface area (Å²) in [5.74, 6) is 0.123. The Bertz CT molecular complexity index is 1140. The summed E-state index contributed by atoms with van der Waals surface area (Å²) in [4.78, 5) is 41.7. The molecular weight excluding hydrogens is 408 g/mol. The Labute approximate surface area is 185 Å². The van der Waals surface area contributed by atoms with Crippen molar-refractivity contribution in [3.63, 3.8) is 0 Å². The van der Waals surface area contributed by atoms with Gasteiger partial charge in [0.15, 0.2) is 0 Å². The number of aromatic nitrogens is 1. The first-order valence-electron chi connectivity index (χ1n) is 10.6. The summed E-state index contributed by atoms with van der Waals surface area (Å²) >= 11 is 0. The van der Waals surface area contributed by atoms with E-state index in [0.29, 0.717) is 19.4 Å². The van der Waals surface area contributed by atoms with Crippen LogP contribution in [0.5, 0.6) is 5.75 Å². The highest BCUT2D eigenvalue weighted by Gasteiger charge is 2.38. The van der Waals surface area contributed by atoms with E-state index in [1.165, 1.54) is 4.90 Å². The van der Waals surface area contributed by atoms with Crippen LogP contribution >= 0.6 is 0 Å². The molecule has 2 heterocycles. The number of aromatic amines is 1. The molecule has 0 radical (unpaired) electrons. The number of amides is 4. The van der Waals surface area contributed by atoms with Crippen molar-refractivity contribution >= 4 is 28.7 Å². The second-order valence-electron chi connectivity index (χ2n) is 7.72. The zero-order valence-electron chi connectivity index (χ0n) is 17.9. The van der Waals surface area contributed by atoms with Crippen molar-refractivity contribution in [3.05, 3.63) is 65.9 Å². The topological polar surface area (TPSA) is 104 Å². The minimum absolute atomic E-state index is 0.0833. The summed E-state index contributed by atoms with van der Waals surface area (Å²) in [5, 5.41) is 6.52. The monoisotopic (exact) mass is 434 g/mol. The fraction of sp³-hybridized carbons (Fsp3) is 0.292. The standard InChI is InChI=1S/C24H26N4O4/c1-32-21-9-5-2-6-16(21)10-12-25-22(29)14-20-23(30)28(24(31)27-20)13-11-17-15-26-19-8-4-3-7-18(17)19/h2-9,15,20,26H,10-14H2,1H3,(H,25,29)(H,27,31)/t20-/m1/s1. The number of ether oxygens (including phenoxy) is 1. The van der Waals surface area contributed by atoms with E-state index in [1.54, 1.807) is 7.11 Å². The third-order valence-corrected chi connectivity index (χ3v) is 5.69. The molecule has 1 saturated heterocycles. The summed E-state index contributed by atoms with van der Waals surface area (Å²) < 4.78 is 5.31. The minimum atomic E-state index is -0.836. The summed E-state index contributed by atoms with van der Waals surface area (Å²) in [6.07, 6.45) is 2.97. The van der Waals surface area contributed by atoms with Crippen LogP contribution in [0.1, 0.15) is 17.5 Å². The second kappa shape index (κ2) is 9.55. The van der Waals surface area contributed by atoms with Gasteiger partial charge in [0.05, 0.1) is 13.5 Å². The van der Waals surface area contributed by atoms with Crippen LogP contribution in [-0.2, 0) is 22.4 Å². The van der Waals surface area contributed by atoms with Crippen molar-refractivity contribution in [2.45, 2.75) is 25.3 Å². The lowest BCUT2D eigenvalue weighted by molar-refractivity contribution is -0.130. The van der Waals surface area contributed by atoms with Crippen LogP contribution in [0.2, 0.25) is 0 Å². The number of benzene rings is 2. The lowest BCUT2D eigenvalue weighted by atomic mass is 10.1. The number of rotatable bonds is 9. The summed E-state index contributed by atoms with van der Waals surface area (Å²) in [7, 11) is 1.61. The van der Waals surface area contributed by atoms with Gasteiger partial charge < -0.3 is 20.4 Å². The molecular formula is C24H26N4O4. The molecule has 166 valence electrons. The Balaban J connectivity index is 1.27. The quantitative estimate of drug-likeness (QED) is 0.450. The van der Waals surface area contributed by atoms with Gasteiger partial charge in [0, 0.05) is 30.2 Å². The smallest absolute Gasteiger partial charge is 0.324 e. The molecule has 8 heteroatoms. The van der Waals surface area contributed by atoms with E-state index in [-0.39, 0.29) is 24.8 Å². The van der Waals surface area contributed by atoms with E-state index in [4.69, 9.17) is 4.74 Å². The maximum atomic E-state index is 12.7. The molecule has 0 saturated carbocycles. The van der Waals surface area contributed by atoms with Crippen LogP contribution < -0.4 is 15.4 Å². The second-order valence-corrected chi connectivity index (χ2v) is 7.72. The fourth-order valence-electron chi connectivity index (χ4n) is 4.00. The molecule has 1 aliphatic rings. The normalized spacial score (nSPS) is 15.8. The van der Waals surface area contributed by atoms with Crippen molar-refractivity contribution in [1.82, 2.24) is 20.5 Å². The molecule has 0 unspecified atom stereocenters. The number of methoxy groups -OCH3 is 1. The predicted octanol–water partition coefficient (Wildman–Crippen LogP) is 2.39. The molecule has 1 fully saturated rings. The van der Waals surface area contributed by atoms with Crippen LogP contribution in [0.25, 0.3) is 10.9 Å². The highest BCUT2D eigenvalue weighted by molar-refractivity contribution is 6.05. The van der Waals surface area contributed by atoms with Gasteiger partial charge in [0.2, 0.25) is 5.91 Å². The van der Waals surface area contributed by atoms with Crippen LogP contribution in [0.15, 0.2) is 54.7 Å². The van der Waals surface area contributed by atoms with Gasteiger partial charge >= 0.3 is 6.03 Å². The van der Waals surface area contributed by atoms with Gasteiger partial charge in [-0.1, -0.05) is 36.4 Å². The minimum Gasteiger partial charge on any atom is -0.496 e. The summed E-state index contributed by atoms with van der Waals surface area (Å²) in [5.41, 5.74) is 3.05. The average molecular weight is 434 g/mol. The first kappa shape index (κ1) is 21.4. The fourth-order valence-corrected chi connectivity index (χ4v) is 4.00. The Morgan fingerprint density at radius 1 is 1.06 bits per heavy atom. The van der Waals surface area contributed by atoms with Gasteiger partial charge in [-0.15, -0.1) is 0 Å². The molecule has 1 aromatic heterocycles. The molecule has 8 nitrogen and oxygen atoms in total. The van der Waals surface area contributed by atoms with Crippen molar-refractivity contribution in [1.29, 1.82) is 0 Å². The lowest BCUT2D eigenvalue weighted by Crippen LogP contribution is -2.37. The number of para-hydroxylation sites is 2. The summed E-state index contributed by atoms with van der Waals surface area (Å²) in [6, 6.07) is 14.2. The van der Waals surface area contributed by atoms with Gasteiger partial charge in [-0.25, -0.2) is 4.79 Å². The molecule has 32 heavy (non-hydrogen) atoms. The maximum absolute atomic E-state index is 12.7. The predicted molar refractivity (Wildman–Crippen MR) is 120 cm³/mol. The number of hydrogen-bond donors (Lipinski definition) is 3. The van der Waals surface area contributed by atoms with E-state index >= 15 is 0 Å². The summed E-state index contributed by atoms with van der Waals surface area (Å²) in [6.45, 7) is 0.677. The van der Waals surface area contributed by atoms with Crippen LogP contribution in [0.3, 0.4) is 0 Å². The van der Waals surface area contributed by atoms with Gasteiger partial charge in [-0.05, 0) is 36.1 Å². The number of H-pyrrole nitrogens is 1. The Morgan fingerprint density at radius 2 is 1.84 bits per heavy atom. The van der Waals surface area contributed by atoms with Gasteiger partial charge in [0.1, 0.15) is 11.8 Å². The number of hydrogen-bond acceptors (Lipinski definition) is 4. The number of nitrogens with zero attached hydrogens (tertiary/aromatic N) is 1. The highest BCUT2D eigenvalue weighted by atomic mass is 16.5. The molecule has 2 aromatic carbocycles. The number of urea groups is 1. The van der Waals surface area contributed by atoms with Gasteiger partial charge in [-0.3, -0.25) is 14.5 Å². The Hall–Kier alpha value is -3.81. The first-order valence-corrected chi connectivity index (χ1v) is 10.6. The number of nitrogens with one attached hydrogen (secondary N) is 3. The number of carbonyl (C=O) groups is 3. The number of fused-ring (bicyclic) bond motifs is 1. The molecule has 1 aliphatic heterocycles. The molecule has 0 bridgehead atoms. The van der Waals surface area contributed by atoms with E-state index < -0.39 is 12.1 Å². The highest BCUT2D eigenvalue weighted by Crippen LogP contribution is 2.20. The lowest BCUT2D eigenvalue weighted by Gasteiger charge is -2.13. The maximum Gasteiger partial charge on any atom is 0.324 e. The largest absolute Gasteiger partial charge is 0.496 e. The van der Waals surface area contributed by atoms with Gasteiger partial charge in [-0.2, -0.15) is 0 Å². The third kappa shape index (κ3) is 4.59. The molecule has 4 rings (SSSR count). The number of imide groups is 1. The van der Waals surface area contributed by atoms with Crippen molar-refractivity contribution < 1.29 is 19.1 Å². The van der Waals surface area contributed by atoms with Crippen LogP contribution in [-0.4, -0.2) is 54.0 Å². The third-order valence-electron chi connectivity index (χ3n) is 5.69. The molecule has 3 N–H and O–H groups in total. The average Bonchev–Trinajstić information content (AvgIpc) is 3.33. The van der Waals surface area contributed by atoms with Gasteiger partial charge in [0.25, 0.3) is 5.91 Å². The van der Waals surface area contributed by atoms with Crippen molar-refractivity contribution in [3.8, 4) is 5.75 Å². The Kier molecular flexibility index (Phi) is 6.39. The molecule has 0 aliphatic carbocycles. The van der Waals surface area contributed by atoms with Crippen LogP contribution in [0.4, 0.5) is 4.79 Å². The first-order chi connectivity index (χ1) is 15.6. The molecule has 0 spiro atoms. The zero-order chi connectivity index (χ0) is 22.5.